The highest BCUT2D eigenvalue weighted by Crippen LogP contribution is 2.18. The zero-order chi connectivity index (χ0) is 15.2. The van der Waals surface area contributed by atoms with Crippen molar-refractivity contribution in [2.75, 3.05) is 7.11 Å². The molecule has 0 aromatic heterocycles. The van der Waals surface area contributed by atoms with E-state index in [1.54, 1.807) is 36.4 Å². The van der Waals surface area contributed by atoms with E-state index in [1.165, 1.54) is 25.3 Å². The second kappa shape index (κ2) is 6.47. The molecule has 2 aromatic rings. The monoisotopic (exact) mass is 283 g/mol. The van der Waals surface area contributed by atoms with Crippen LogP contribution in [0.5, 0.6) is 0 Å². The maximum Gasteiger partial charge on any atom is 0.270 e. The summed E-state index contributed by atoms with van der Waals surface area (Å²) < 4.78 is 5.11. The lowest BCUT2D eigenvalue weighted by Crippen LogP contribution is -2.05. The molecule has 0 aliphatic heterocycles. The lowest BCUT2D eigenvalue weighted by atomic mass is 10.1. The molecule has 0 radical (unpaired) electrons. The van der Waals surface area contributed by atoms with Crippen molar-refractivity contribution in [3.63, 3.8) is 0 Å². The predicted molar refractivity (Wildman–Crippen MR) is 78.9 cm³/mol. The molecule has 0 amide bonds. The number of Topliss-reactive ketones (excluding diaryl/α,β-unsaturated/α-hetero) is 1. The van der Waals surface area contributed by atoms with Crippen LogP contribution in [0.15, 0.2) is 60.4 Å². The number of hydrogen-bond acceptors (Lipinski definition) is 4. The van der Waals surface area contributed by atoms with Gasteiger partial charge >= 0.3 is 0 Å². The van der Waals surface area contributed by atoms with Crippen molar-refractivity contribution in [1.29, 1.82) is 0 Å². The van der Waals surface area contributed by atoms with Crippen LogP contribution in [0.2, 0.25) is 0 Å². The van der Waals surface area contributed by atoms with Gasteiger partial charge < -0.3 is 4.74 Å². The minimum absolute atomic E-state index is 0.0358. The summed E-state index contributed by atoms with van der Waals surface area (Å²) in [5.74, 6) is -0.147. The van der Waals surface area contributed by atoms with Gasteiger partial charge in [0.1, 0.15) is 0 Å². The first-order valence-corrected chi connectivity index (χ1v) is 6.21. The van der Waals surface area contributed by atoms with Gasteiger partial charge in [-0.05, 0) is 11.6 Å². The Kier molecular flexibility index (Phi) is 4.46. The van der Waals surface area contributed by atoms with E-state index in [-0.39, 0.29) is 17.2 Å². The highest BCUT2D eigenvalue weighted by Gasteiger charge is 2.13. The predicted octanol–water partition coefficient (Wildman–Crippen LogP) is 3.47. The zero-order valence-corrected chi connectivity index (χ0v) is 11.4. The Morgan fingerprint density at radius 1 is 1.14 bits per heavy atom. The van der Waals surface area contributed by atoms with E-state index in [4.69, 9.17) is 4.74 Å². The molecule has 0 heterocycles. The van der Waals surface area contributed by atoms with Gasteiger partial charge in [-0.2, -0.15) is 0 Å². The van der Waals surface area contributed by atoms with Crippen LogP contribution in [-0.4, -0.2) is 17.8 Å². The van der Waals surface area contributed by atoms with Gasteiger partial charge in [0.25, 0.3) is 5.69 Å². The minimum atomic E-state index is -0.483. The summed E-state index contributed by atoms with van der Waals surface area (Å²) >= 11 is 0. The van der Waals surface area contributed by atoms with E-state index < -0.39 is 4.92 Å². The quantitative estimate of drug-likeness (QED) is 0.277. The number of allylic oxidation sites excluding steroid dienone is 1. The first-order chi connectivity index (χ1) is 10.1. The van der Waals surface area contributed by atoms with Gasteiger partial charge in [-0.15, -0.1) is 0 Å². The number of carbonyl (C=O) groups is 1. The molecule has 0 saturated carbocycles. The summed E-state index contributed by atoms with van der Waals surface area (Å²) in [6.45, 7) is 0. The normalized spacial score (nSPS) is 11.0. The number of nitrogens with zero attached hydrogens (tertiary/aromatic N) is 1. The Labute approximate surface area is 121 Å². The van der Waals surface area contributed by atoms with Gasteiger partial charge in [0.05, 0.1) is 12.0 Å². The van der Waals surface area contributed by atoms with Gasteiger partial charge in [0, 0.05) is 17.7 Å². The van der Waals surface area contributed by atoms with Crippen molar-refractivity contribution in [3.8, 4) is 0 Å². The number of methoxy groups -OCH3 is 1. The molecule has 0 N–H and O–H groups in total. The van der Waals surface area contributed by atoms with Crippen LogP contribution in [0.1, 0.15) is 15.9 Å². The molecule has 0 atom stereocenters. The number of hydrogen-bond donors (Lipinski definition) is 0. The maximum atomic E-state index is 12.3. The first kappa shape index (κ1) is 14.5. The van der Waals surface area contributed by atoms with Crippen molar-refractivity contribution in [2.45, 2.75) is 0 Å². The van der Waals surface area contributed by atoms with Gasteiger partial charge in [0.2, 0.25) is 5.78 Å². The highest BCUT2D eigenvalue weighted by atomic mass is 16.6. The highest BCUT2D eigenvalue weighted by molar-refractivity contribution is 6.09. The fraction of sp³-hybridized carbons (Fsp3) is 0.0625. The Bertz CT molecular complexity index is 692. The molecule has 2 rings (SSSR count). The van der Waals surface area contributed by atoms with Crippen LogP contribution < -0.4 is 0 Å². The summed E-state index contributed by atoms with van der Waals surface area (Å²) in [6, 6.07) is 14.7. The summed E-state index contributed by atoms with van der Waals surface area (Å²) in [7, 11) is 1.39. The van der Waals surface area contributed by atoms with Crippen LogP contribution in [0.4, 0.5) is 5.69 Å². The summed E-state index contributed by atoms with van der Waals surface area (Å²) in [4.78, 5) is 22.5. The van der Waals surface area contributed by atoms with Gasteiger partial charge in [0.15, 0.2) is 5.76 Å². The molecule has 21 heavy (non-hydrogen) atoms. The van der Waals surface area contributed by atoms with E-state index in [0.717, 1.165) is 0 Å². The molecule has 0 unspecified atom stereocenters. The number of benzene rings is 2. The Hall–Kier alpha value is -2.95. The number of non-ortho nitro benzene ring substituents is 1. The van der Waals surface area contributed by atoms with E-state index in [0.29, 0.717) is 11.1 Å². The lowest BCUT2D eigenvalue weighted by molar-refractivity contribution is -0.384. The third-order valence-electron chi connectivity index (χ3n) is 2.86. The number of rotatable bonds is 5. The van der Waals surface area contributed by atoms with Gasteiger partial charge in [-0.1, -0.05) is 42.5 Å². The van der Waals surface area contributed by atoms with E-state index in [1.807, 2.05) is 6.07 Å². The molecule has 0 saturated heterocycles. The van der Waals surface area contributed by atoms with Crippen LogP contribution in [0.3, 0.4) is 0 Å². The van der Waals surface area contributed by atoms with Crippen LogP contribution in [0.25, 0.3) is 6.08 Å². The van der Waals surface area contributed by atoms with Crippen molar-refractivity contribution >= 4 is 17.5 Å². The zero-order valence-electron chi connectivity index (χ0n) is 11.4. The largest absolute Gasteiger partial charge is 0.493 e. The summed E-state index contributed by atoms with van der Waals surface area (Å²) in [6.07, 6.45) is 1.49. The van der Waals surface area contributed by atoms with Crippen LogP contribution in [0, 0.1) is 10.1 Å². The number of nitro groups is 1. The third kappa shape index (κ3) is 3.54. The molecule has 5 nitrogen and oxygen atoms in total. The lowest BCUT2D eigenvalue weighted by Gasteiger charge is -2.05. The summed E-state index contributed by atoms with van der Waals surface area (Å²) in [5.41, 5.74) is 0.993. The number of carbonyl (C=O) groups excluding carboxylic acids is 1. The van der Waals surface area contributed by atoms with Gasteiger partial charge in [-0.25, -0.2) is 0 Å². The van der Waals surface area contributed by atoms with Crippen molar-refractivity contribution < 1.29 is 14.5 Å². The smallest absolute Gasteiger partial charge is 0.270 e. The van der Waals surface area contributed by atoms with Crippen molar-refractivity contribution in [1.82, 2.24) is 0 Å². The number of ketones is 1. The molecule has 0 aliphatic rings. The second-order valence-corrected chi connectivity index (χ2v) is 4.26. The molecule has 0 aliphatic carbocycles. The third-order valence-corrected chi connectivity index (χ3v) is 2.86. The topological polar surface area (TPSA) is 69.4 Å². The summed E-state index contributed by atoms with van der Waals surface area (Å²) in [5, 5.41) is 10.8. The van der Waals surface area contributed by atoms with Crippen molar-refractivity contribution in [3.05, 3.63) is 81.6 Å². The number of nitro benzene ring substituents is 1. The van der Waals surface area contributed by atoms with E-state index >= 15 is 0 Å². The molecular formula is C16H13NO4. The SMILES string of the molecule is COC(=Cc1cccc([N+](=O)[O-])c1)C(=O)c1ccccc1. The van der Waals surface area contributed by atoms with Crippen LogP contribution in [-0.2, 0) is 4.74 Å². The maximum absolute atomic E-state index is 12.3. The fourth-order valence-electron chi connectivity index (χ4n) is 1.83. The Morgan fingerprint density at radius 2 is 1.86 bits per heavy atom. The first-order valence-electron chi connectivity index (χ1n) is 6.21. The molecule has 0 fully saturated rings. The average Bonchev–Trinajstić information content (AvgIpc) is 2.53. The molecule has 106 valence electrons. The van der Waals surface area contributed by atoms with Gasteiger partial charge in [-0.3, -0.25) is 14.9 Å². The molecule has 2 aromatic carbocycles. The fourth-order valence-corrected chi connectivity index (χ4v) is 1.83. The Morgan fingerprint density at radius 3 is 2.48 bits per heavy atom. The van der Waals surface area contributed by atoms with Crippen LogP contribution >= 0.6 is 0 Å². The number of ether oxygens (including phenoxy) is 1. The average molecular weight is 283 g/mol. The molecule has 5 heteroatoms. The molecular weight excluding hydrogens is 270 g/mol. The standard InChI is InChI=1S/C16H13NO4/c1-21-15(16(18)13-7-3-2-4-8-13)11-12-6-5-9-14(10-12)17(19)20/h2-11H,1H3. The molecule has 0 bridgehead atoms. The minimum Gasteiger partial charge on any atom is -0.493 e. The van der Waals surface area contributed by atoms with E-state index in [9.17, 15) is 14.9 Å². The molecule has 0 spiro atoms. The van der Waals surface area contributed by atoms with Crippen molar-refractivity contribution in [2.24, 2.45) is 0 Å². The Balaban J connectivity index is 2.35. The second-order valence-electron chi connectivity index (χ2n) is 4.26. The van der Waals surface area contributed by atoms with E-state index in [2.05, 4.69) is 0 Å².